The molecule has 4 rings (SSSR count). The molecule has 2 aliphatic rings. The Hall–Kier alpha value is -2.14. The third-order valence-electron chi connectivity index (χ3n) is 5.57. The van der Waals surface area contributed by atoms with Gasteiger partial charge in [0, 0.05) is 48.7 Å². The van der Waals surface area contributed by atoms with Crippen molar-refractivity contribution in [1.29, 1.82) is 0 Å². The molecule has 2 aromatic rings. The molecule has 0 saturated carbocycles. The number of hydrogen-bond donors (Lipinski definition) is 0. The summed E-state index contributed by atoms with van der Waals surface area (Å²) in [5, 5.41) is 0.745. The first-order valence-corrected chi connectivity index (χ1v) is 10.1. The first kappa shape index (κ1) is 18.2. The molecule has 1 amide bonds. The molecule has 0 N–H and O–H groups in total. The van der Waals surface area contributed by atoms with Crippen LogP contribution in [0.25, 0.3) is 0 Å². The molecule has 1 fully saturated rings. The summed E-state index contributed by atoms with van der Waals surface area (Å²) in [6.07, 6.45) is 8.50. The number of carbonyl (C=O) groups is 1. The van der Waals surface area contributed by atoms with Crippen LogP contribution in [0.4, 0.5) is 11.6 Å². The number of benzene rings is 1. The molecule has 1 saturated heterocycles. The molecule has 2 aliphatic heterocycles. The van der Waals surface area contributed by atoms with Crippen molar-refractivity contribution < 1.29 is 4.79 Å². The SMILES string of the molecule is Cc1cnc(N2CCC(C(=O)N3CCCCc4cc(Cl)ccc43)CC2)nc1. The molecule has 0 bridgehead atoms. The van der Waals surface area contributed by atoms with Gasteiger partial charge in [0.25, 0.3) is 0 Å². The van der Waals surface area contributed by atoms with Crippen molar-refractivity contribution in [2.45, 2.75) is 39.0 Å². The van der Waals surface area contributed by atoms with Gasteiger partial charge in [-0.1, -0.05) is 11.6 Å². The van der Waals surface area contributed by atoms with E-state index in [4.69, 9.17) is 11.6 Å². The Morgan fingerprint density at radius 3 is 2.59 bits per heavy atom. The fourth-order valence-electron chi connectivity index (χ4n) is 4.05. The van der Waals surface area contributed by atoms with Crippen molar-refractivity contribution in [2.75, 3.05) is 29.4 Å². The number of amides is 1. The number of piperidine rings is 1. The van der Waals surface area contributed by atoms with Crippen LogP contribution in [0.15, 0.2) is 30.6 Å². The lowest BCUT2D eigenvalue weighted by atomic mass is 9.95. The molecule has 0 aliphatic carbocycles. The fourth-order valence-corrected chi connectivity index (χ4v) is 4.24. The minimum Gasteiger partial charge on any atom is -0.341 e. The lowest BCUT2D eigenvalue weighted by molar-refractivity contribution is -0.123. The third kappa shape index (κ3) is 3.93. The maximum absolute atomic E-state index is 13.3. The second-order valence-electron chi connectivity index (χ2n) is 7.54. The highest BCUT2D eigenvalue weighted by Crippen LogP contribution is 2.32. The van der Waals surface area contributed by atoms with Gasteiger partial charge >= 0.3 is 0 Å². The van der Waals surface area contributed by atoms with Gasteiger partial charge in [-0.2, -0.15) is 0 Å². The summed E-state index contributed by atoms with van der Waals surface area (Å²) < 4.78 is 0. The quantitative estimate of drug-likeness (QED) is 0.784. The van der Waals surface area contributed by atoms with E-state index in [9.17, 15) is 4.79 Å². The summed E-state index contributed by atoms with van der Waals surface area (Å²) in [4.78, 5) is 26.3. The van der Waals surface area contributed by atoms with E-state index >= 15 is 0 Å². The summed E-state index contributed by atoms with van der Waals surface area (Å²) in [7, 11) is 0. The monoisotopic (exact) mass is 384 g/mol. The fraction of sp³-hybridized carbons (Fsp3) is 0.476. The Balaban J connectivity index is 1.46. The molecule has 1 aromatic heterocycles. The number of aryl methyl sites for hydroxylation is 2. The average Bonchev–Trinajstić information content (AvgIpc) is 2.90. The molecule has 142 valence electrons. The Morgan fingerprint density at radius 2 is 1.85 bits per heavy atom. The van der Waals surface area contributed by atoms with Crippen LogP contribution in [0.1, 0.15) is 36.8 Å². The molecule has 27 heavy (non-hydrogen) atoms. The van der Waals surface area contributed by atoms with Gasteiger partial charge in [0.1, 0.15) is 0 Å². The number of nitrogens with zero attached hydrogens (tertiary/aromatic N) is 4. The molecule has 6 heteroatoms. The van der Waals surface area contributed by atoms with E-state index in [0.29, 0.717) is 0 Å². The van der Waals surface area contributed by atoms with E-state index in [1.165, 1.54) is 5.56 Å². The van der Waals surface area contributed by atoms with Crippen LogP contribution >= 0.6 is 11.6 Å². The van der Waals surface area contributed by atoms with Gasteiger partial charge in [-0.25, -0.2) is 9.97 Å². The van der Waals surface area contributed by atoms with Crippen molar-refractivity contribution in [1.82, 2.24) is 9.97 Å². The van der Waals surface area contributed by atoms with Crippen LogP contribution < -0.4 is 9.80 Å². The van der Waals surface area contributed by atoms with E-state index in [1.54, 1.807) is 0 Å². The molecule has 0 atom stereocenters. The Kier molecular flexibility index (Phi) is 5.30. The molecular weight excluding hydrogens is 360 g/mol. The van der Waals surface area contributed by atoms with Gasteiger partial charge in [-0.3, -0.25) is 4.79 Å². The summed E-state index contributed by atoms with van der Waals surface area (Å²) in [5.74, 6) is 1.08. The normalized spacial score (nSPS) is 18.1. The Morgan fingerprint density at radius 1 is 1.11 bits per heavy atom. The number of rotatable bonds is 2. The predicted octanol–water partition coefficient (Wildman–Crippen LogP) is 4.02. The number of halogens is 1. The van der Waals surface area contributed by atoms with Gasteiger partial charge in [-0.15, -0.1) is 0 Å². The van der Waals surface area contributed by atoms with Gasteiger partial charge in [-0.05, 0) is 68.4 Å². The van der Waals surface area contributed by atoms with Gasteiger partial charge in [0.05, 0.1) is 0 Å². The van der Waals surface area contributed by atoms with E-state index in [1.807, 2.05) is 42.4 Å². The second kappa shape index (κ2) is 7.85. The molecule has 0 spiro atoms. The lowest BCUT2D eigenvalue weighted by Crippen LogP contribution is -2.43. The van der Waals surface area contributed by atoms with E-state index in [0.717, 1.165) is 74.0 Å². The van der Waals surface area contributed by atoms with E-state index in [-0.39, 0.29) is 11.8 Å². The first-order valence-electron chi connectivity index (χ1n) is 9.75. The highest BCUT2D eigenvalue weighted by atomic mass is 35.5. The smallest absolute Gasteiger partial charge is 0.230 e. The van der Waals surface area contributed by atoms with Gasteiger partial charge in [0.15, 0.2) is 0 Å². The minimum atomic E-state index is 0.0633. The largest absolute Gasteiger partial charge is 0.341 e. The van der Waals surface area contributed by atoms with Crippen LogP contribution in [-0.4, -0.2) is 35.5 Å². The maximum Gasteiger partial charge on any atom is 0.230 e. The van der Waals surface area contributed by atoms with Gasteiger partial charge in [0.2, 0.25) is 11.9 Å². The molecular formula is C21H25ClN4O. The Bertz CT molecular complexity index is 815. The zero-order valence-corrected chi connectivity index (χ0v) is 16.5. The summed E-state index contributed by atoms with van der Waals surface area (Å²) >= 11 is 6.17. The first-order chi connectivity index (χ1) is 13.1. The molecule has 0 radical (unpaired) electrons. The zero-order valence-electron chi connectivity index (χ0n) is 15.7. The third-order valence-corrected chi connectivity index (χ3v) is 5.81. The van der Waals surface area contributed by atoms with E-state index in [2.05, 4.69) is 14.9 Å². The summed E-state index contributed by atoms with van der Waals surface area (Å²) in [5.41, 5.74) is 3.30. The molecule has 1 aromatic carbocycles. The van der Waals surface area contributed by atoms with Crippen LogP contribution in [0.5, 0.6) is 0 Å². The second-order valence-corrected chi connectivity index (χ2v) is 7.98. The molecule has 3 heterocycles. The van der Waals surface area contributed by atoms with Crippen molar-refractivity contribution in [3.05, 3.63) is 46.7 Å². The topological polar surface area (TPSA) is 49.3 Å². The maximum atomic E-state index is 13.3. The van der Waals surface area contributed by atoms with Crippen LogP contribution in [0.2, 0.25) is 5.02 Å². The standard InChI is InChI=1S/C21H25ClN4O/c1-15-13-23-21(24-14-15)25-10-7-16(8-11-25)20(27)26-9-3-2-4-17-12-18(22)5-6-19(17)26/h5-6,12-14,16H,2-4,7-11H2,1H3. The van der Waals surface area contributed by atoms with Crippen molar-refractivity contribution >= 4 is 29.1 Å². The average molecular weight is 385 g/mol. The number of hydrogen-bond acceptors (Lipinski definition) is 4. The highest BCUT2D eigenvalue weighted by Gasteiger charge is 2.31. The summed E-state index contributed by atoms with van der Waals surface area (Å²) in [6.45, 7) is 4.43. The molecule has 0 unspecified atom stereocenters. The number of fused-ring (bicyclic) bond motifs is 1. The number of carbonyl (C=O) groups excluding carboxylic acids is 1. The van der Waals surface area contributed by atoms with Gasteiger partial charge < -0.3 is 9.80 Å². The highest BCUT2D eigenvalue weighted by molar-refractivity contribution is 6.30. The summed E-state index contributed by atoms with van der Waals surface area (Å²) in [6, 6.07) is 5.92. The number of aromatic nitrogens is 2. The lowest BCUT2D eigenvalue weighted by Gasteiger charge is -2.34. The Labute approximate surface area is 165 Å². The van der Waals surface area contributed by atoms with Crippen LogP contribution in [0, 0.1) is 12.8 Å². The molecule has 5 nitrogen and oxygen atoms in total. The minimum absolute atomic E-state index is 0.0633. The van der Waals surface area contributed by atoms with Crippen LogP contribution in [-0.2, 0) is 11.2 Å². The predicted molar refractivity (Wildman–Crippen MR) is 108 cm³/mol. The number of anilines is 2. The van der Waals surface area contributed by atoms with Crippen molar-refractivity contribution in [3.63, 3.8) is 0 Å². The van der Waals surface area contributed by atoms with E-state index < -0.39 is 0 Å². The van der Waals surface area contributed by atoms with Crippen molar-refractivity contribution in [3.8, 4) is 0 Å². The zero-order chi connectivity index (χ0) is 18.8. The van der Waals surface area contributed by atoms with Crippen LogP contribution in [0.3, 0.4) is 0 Å². The van der Waals surface area contributed by atoms with Crippen molar-refractivity contribution in [2.24, 2.45) is 5.92 Å².